The second-order valence-electron chi connectivity index (χ2n) is 8.04. The van der Waals surface area contributed by atoms with Gasteiger partial charge in [-0.2, -0.15) is 5.01 Å². The molecule has 2 fully saturated rings. The first-order chi connectivity index (χ1) is 13.3. The number of amides is 5. The van der Waals surface area contributed by atoms with Crippen LogP contribution in [0.1, 0.15) is 55.5 Å². The second kappa shape index (κ2) is 6.61. The van der Waals surface area contributed by atoms with Gasteiger partial charge in [0.25, 0.3) is 11.8 Å². The Labute approximate surface area is 163 Å². The standard InChI is InChI=1S/C20H24N4O4/c1-12-5-8-20(9-6-12)18(27)24(19(28)21-20)22-17(26)15-3-4-16-14(11-15)7-10-23(16)13(2)25/h3-4,11-12H,5-10H2,1-2H3,(H,21,28)(H,22,26). The van der Waals surface area contributed by atoms with Crippen LogP contribution in [0.5, 0.6) is 0 Å². The maximum Gasteiger partial charge on any atom is 0.344 e. The number of hydrogen-bond donors (Lipinski definition) is 2. The molecule has 0 radical (unpaired) electrons. The number of imide groups is 1. The Kier molecular flexibility index (Phi) is 4.36. The molecule has 1 aromatic rings. The molecular formula is C20H24N4O4. The molecule has 148 valence electrons. The predicted molar refractivity (Wildman–Crippen MR) is 101 cm³/mol. The van der Waals surface area contributed by atoms with Crippen molar-refractivity contribution in [1.29, 1.82) is 0 Å². The van der Waals surface area contributed by atoms with Crippen LogP contribution in [-0.4, -0.2) is 40.8 Å². The number of fused-ring (bicyclic) bond motifs is 1. The van der Waals surface area contributed by atoms with Crippen molar-refractivity contribution in [2.24, 2.45) is 5.92 Å². The van der Waals surface area contributed by atoms with Crippen LogP contribution in [-0.2, 0) is 16.0 Å². The molecule has 8 heteroatoms. The molecule has 28 heavy (non-hydrogen) atoms. The Bertz CT molecular complexity index is 873. The van der Waals surface area contributed by atoms with E-state index in [0.717, 1.165) is 29.1 Å². The van der Waals surface area contributed by atoms with E-state index in [1.165, 1.54) is 6.92 Å². The lowest BCUT2D eigenvalue weighted by Crippen LogP contribution is -2.51. The van der Waals surface area contributed by atoms with Crippen molar-refractivity contribution in [2.75, 3.05) is 11.4 Å². The highest BCUT2D eigenvalue weighted by Gasteiger charge is 2.52. The Morgan fingerprint density at radius 3 is 2.61 bits per heavy atom. The van der Waals surface area contributed by atoms with Crippen LogP contribution < -0.4 is 15.6 Å². The van der Waals surface area contributed by atoms with Crippen molar-refractivity contribution in [3.05, 3.63) is 29.3 Å². The van der Waals surface area contributed by atoms with E-state index < -0.39 is 17.5 Å². The number of hydrogen-bond acceptors (Lipinski definition) is 4. The van der Waals surface area contributed by atoms with Gasteiger partial charge >= 0.3 is 6.03 Å². The zero-order chi connectivity index (χ0) is 20.1. The van der Waals surface area contributed by atoms with E-state index in [1.54, 1.807) is 23.1 Å². The van der Waals surface area contributed by atoms with E-state index in [-0.39, 0.29) is 11.8 Å². The number of hydrazine groups is 1. The summed E-state index contributed by atoms with van der Waals surface area (Å²) < 4.78 is 0. The van der Waals surface area contributed by atoms with Gasteiger partial charge in [-0.3, -0.25) is 19.8 Å². The van der Waals surface area contributed by atoms with E-state index >= 15 is 0 Å². The summed E-state index contributed by atoms with van der Waals surface area (Å²) in [6, 6.07) is 4.46. The summed E-state index contributed by atoms with van der Waals surface area (Å²) in [5, 5.41) is 3.60. The third kappa shape index (κ3) is 2.93. The number of urea groups is 1. The summed E-state index contributed by atoms with van der Waals surface area (Å²) in [4.78, 5) is 51.2. The van der Waals surface area contributed by atoms with Crippen LogP contribution in [0.25, 0.3) is 0 Å². The van der Waals surface area contributed by atoms with Crippen molar-refractivity contribution in [2.45, 2.75) is 51.5 Å². The smallest absolute Gasteiger partial charge is 0.322 e. The molecule has 1 aromatic carbocycles. The Balaban J connectivity index is 1.49. The summed E-state index contributed by atoms with van der Waals surface area (Å²) in [6.07, 6.45) is 3.58. The largest absolute Gasteiger partial charge is 0.344 e. The van der Waals surface area contributed by atoms with E-state index in [2.05, 4.69) is 17.7 Å². The van der Waals surface area contributed by atoms with Gasteiger partial charge in [0.1, 0.15) is 5.54 Å². The predicted octanol–water partition coefficient (Wildman–Crippen LogP) is 1.74. The normalized spacial score (nSPS) is 26.4. The van der Waals surface area contributed by atoms with Crippen molar-refractivity contribution in [1.82, 2.24) is 15.8 Å². The van der Waals surface area contributed by atoms with E-state index in [4.69, 9.17) is 0 Å². The van der Waals surface area contributed by atoms with Gasteiger partial charge in [-0.1, -0.05) is 6.92 Å². The fraction of sp³-hybridized carbons (Fsp3) is 0.500. The maximum atomic E-state index is 12.9. The first-order valence-electron chi connectivity index (χ1n) is 9.69. The lowest BCUT2D eigenvalue weighted by Gasteiger charge is -2.33. The molecule has 8 nitrogen and oxygen atoms in total. The minimum atomic E-state index is -0.892. The van der Waals surface area contributed by atoms with Gasteiger partial charge in [-0.15, -0.1) is 0 Å². The minimum Gasteiger partial charge on any atom is -0.322 e. The molecule has 2 heterocycles. The molecule has 1 aliphatic carbocycles. The molecule has 0 unspecified atom stereocenters. The number of carbonyl (C=O) groups excluding carboxylic acids is 4. The lowest BCUT2D eigenvalue weighted by molar-refractivity contribution is -0.134. The molecule has 1 saturated heterocycles. The third-order valence-electron chi connectivity index (χ3n) is 6.12. The maximum absolute atomic E-state index is 12.9. The van der Waals surface area contributed by atoms with Crippen LogP contribution in [0.3, 0.4) is 0 Å². The van der Waals surface area contributed by atoms with E-state index in [9.17, 15) is 19.2 Å². The zero-order valence-corrected chi connectivity index (χ0v) is 16.1. The summed E-state index contributed by atoms with van der Waals surface area (Å²) in [5.41, 5.74) is 3.61. The fourth-order valence-electron chi connectivity index (χ4n) is 4.35. The first-order valence-corrected chi connectivity index (χ1v) is 9.69. The number of benzene rings is 1. The summed E-state index contributed by atoms with van der Waals surface area (Å²) in [5.74, 6) is -0.419. The van der Waals surface area contributed by atoms with Crippen LogP contribution in [0.2, 0.25) is 0 Å². The number of carbonyl (C=O) groups is 4. The van der Waals surface area contributed by atoms with Gasteiger partial charge in [-0.05, 0) is 61.8 Å². The molecule has 1 spiro atoms. The van der Waals surface area contributed by atoms with Gasteiger partial charge in [0.05, 0.1) is 0 Å². The Morgan fingerprint density at radius 1 is 1.21 bits per heavy atom. The molecular weight excluding hydrogens is 360 g/mol. The van der Waals surface area contributed by atoms with Crippen molar-refractivity contribution in [3.63, 3.8) is 0 Å². The molecule has 3 aliphatic rings. The molecule has 0 bridgehead atoms. The van der Waals surface area contributed by atoms with E-state index in [0.29, 0.717) is 37.3 Å². The zero-order valence-electron chi connectivity index (χ0n) is 16.1. The van der Waals surface area contributed by atoms with Gasteiger partial charge in [0.15, 0.2) is 0 Å². The van der Waals surface area contributed by atoms with Crippen molar-refractivity contribution in [3.8, 4) is 0 Å². The van der Waals surface area contributed by atoms with Gasteiger partial charge in [0.2, 0.25) is 5.91 Å². The molecule has 1 saturated carbocycles. The molecule has 2 aliphatic heterocycles. The number of nitrogens with zero attached hydrogens (tertiary/aromatic N) is 2. The average molecular weight is 384 g/mol. The quantitative estimate of drug-likeness (QED) is 0.759. The Morgan fingerprint density at radius 2 is 1.93 bits per heavy atom. The van der Waals surface area contributed by atoms with Gasteiger partial charge < -0.3 is 10.2 Å². The average Bonchev–Trinajstić information content (AvgIpc) is 3.19. The molecule has 0 atom stereocenters. The fourth-order valence-corrected chi connectivity index (χ4v) is 4.35. The van der Waals surface area contributed by atoms with Crippen LogP contribution in [0.15, 0.2) is 18.2 Å². The van der Waals surface area contributed by atoms with Crippen LogP contribution >= 0.6 is 0 Å². The van der Waals surface area contributed by atoms with Gasteiger partial charge in [-0.25, -0.2) is 4.79 Å². The summed E-state index contributed by atoms with van der Waals surface area (Å²) in [6.45, 7) is 4.23. The highest BCUT2D eigenvalue weighted by Crippen LogP contribution is 2.36. The molecule has 0 aromatic heterocycles. The summed E-state index contributed by atoms with van der Waals surface area (Å²) >= 11 is 0. The molecule has 4 rings (SSSR count). The number of rotatable bonds is 2. The highest BCUT2D eigenvalue weighted by molar-refractivity contribution is 6.09. The number of nitrogens with one attached hydrogen (secondary N) is 2. The molecule has 2 N–H and O–H groups in total. The van der Waals surface area contributed by atoms with Crippen molar-refractivity contribution < 1.29 is 19.2 Å². The third-order valence-corrected chi connectivity index (χ3v) is 6.12. The first kappa shape index (κ1) is 18.5. The lowest BCUT2D eigenvalue weighted by atomic mass is 9.77. The van der Waals surface area contributed by atoms with Crippen molar-refractivity contribution >= 4 is 29.4 Å². The van der Waals surface area contributed by atoms with Crippen LogP contribution in [0.4, 0.5) is 10.5 Å². The van der Waals surface area contributed by atoms with E-state index in [1.807, 2.05) is 0 Å². The minimum absolute atomic E-state index is 0.0395. The second-order valence-corrected chi connectivity index (χ2v) is 8.04. The van der Waals surface area contributed by atoms with Crippen LogP contribution in [0, 0.1) is 5.92 Å². The topological polar surface area (TPSA) is 98.8 Å². The monoisotopic (exact) mass is 384 g/mol. The molecule has 5 amide bonds. The highest BCUT2D eigenvalue weighted by atomic mass is 16.2. The van der Waals surface area contributed by atoms with Gasteiger partial charge in [0, 0.05) is 24.7 Å². The Hall–Kier alpha value is -2.90. The summed E-state index contributed by atoms with van der Waals surface area (Å²) in [7, 11) is 0. The SMILES string of the molecule is CC(=O)N1CCc2cc(C(=O)NN3C(=O)NC4(CCC(C)CC4)C3=O)ccc21. The number of anilines is 1.